The van der Waals surface area contributed by atoms with Crippen molar-refractivity contribution in [2.75, 3.05) is 13.1 Å². The Kier molecular flexibility index (Phi) is 5.48. The first-order valence-electron chi connectivity index (χ1n) is 8.54. The molecule has 2 aliphatic rings. The van der Waals surface area contributed by atoms with Crippen LogP contribution in [0, 0.1) is 17.8 Å². The molecule has 20 heavy (non-hydrogen) atoms. The van der Waals surface area contributed by atoms with E-state index >= 15 is 0 Å². The minimum Gasteiger partial charge on any atom is -0.341 e. The molecule has 0 aromatic carbocycles. The fourth-order valence-electron chi connectivity index (χ4n) is 3.71. The van der Waals surface area contributed by atoms with Gasteiger partial charge in [-0.25, -0.2) is 0 Å². The highest BCUT2D eigenvalue weighted by Gasteiger charge is 2.31. The molecule has 116 valence electrons. The van der Waals surface area contributed by atoms with Crippen molar-refractivity contribution in [2.45, 2.75) is 71.9 Å². The number of hydrogen-bond donors (Lipinski definition) is 1. The van der Waals surface area contributed by atoms with Gasteiger partial charge in [0.1, 0.15) is 0 Å². The monoisotopic (exact) mass is 280 g/mol. The van der Waals surface area contributed by atoms with E-state index in [0.717, 1.165) is 37.8 Å². The number of likely N-dealkylation sites (tertiary alicyclic amines) is 1. The molecule has 1 aliphatic carbocycles. The molecule has 1 amide bonds. The summed E-state index contributed by atoms with van der Waals surface area (Å²) in [6, 6.07) is 0.488. The second kappa shape index (κ2) is 6.93. The molecular weight excluding hydrogens is 248 g/mol. The Morgan fingerprint density at radius 2 is 1.75 bits per heavy atom. The first-order valence-corrected chi connectivity index (χ1v) is 8.54. The van der Waals surface area contributed by atoms with Crippen molar-refractivity contribution in [2.24, 2.45) is 17.8 Å². The van der Waals surface area contributed by atoms with Crippen molar-refractivity contribution in [3.8, 4) is 0 Å². The van der Waals surface area contributed by atoms with Crippen LogP contribution in [0.3, 0.4) is 0 Å². The summed E-state index contributed by atoms with van der Waals surface area (Å²) in [5, 5.41) is 3.62. The fourth-order valence-corrected chi connectivity index (χ4v) is 3.71. The van der Waals surface area contributed by atoms with Crippen LogP contribution in [-0.2, 0) is 4.79 Å². The van der Waals surface area contributed by atoms with Gasteiger partial charge in [-0.05, 0) is 43.9 Å². The summed E-state index contributed by atoms with van der Waals surface area (Å²) in [6.45, 7) is 10.9. The molecule has 1 aliphatic heterocycles. The summed E-state index contributed by atoms with van der Waals surface area (Å²) in [5.41, 5.74) is 0. The third-order valence-electron chi connectivity index (χ3n) is 5.64. The summed E-state index contributed by atoms with van der Waals surface area (Å²) < 4.78 is 0. The minimum absolute atomic E-state index is 0.0267. The van der Waals surface area contributed by atoms with Gasteiger partial charge in [0.15, 0.2) is 0 Å². The molecule has 1 saturated carbocycles. The fraction of sp³-hybridized carbons (Fsp3) is 0.941. The molecule has 3 nitrogen and oxygen atoms in total. The molecule has 3 heteroatoms. The van der Waals surface area contributed by atoms with E-state index in [0.29, 0.717) is 17.9 Å². The lowest BCUT2D eigenvalue weighted by molar-refractivity contribution is -0.134. The van der Waals surface area contributed by atoms with E-state index in [4.69, 9.17) is 0 Å². The maximum Gasteiger partial charge on any atom is 0.239 e. The van der Waals surface area contributed by atoms with Crippen molar-refractivity contribution in [3.63, 3.8) is 0 Å². The lowest BCUT2D eigenvalue weighted by atomic mass is 9.78. The second-order valence-corrected chi connectivity index (χ2v) is 7.27. The van der Waals surface area contributed by atoms with E-state index in [2.05, 4.69) is 31.0 Å². The van der Waals surface area contributed by atoms with Crippen LogP contribution in [0.5, 0.6) is 0 Å². The lowest BCUT2D eigenvalue weighted by Gasteiger charge is -2.38. The molecule has 4 unspecified atom stereocenters. The number of nitrogens with one attached hydrogen (secondary N) is 1. The van der Waals surface area contributed by atoms with E-state index in [9.17, 15) is 4.79 Å². The van der Waals surface area contributed by atoms with E-state index < -0.39 is 0 Å². The first kappa shape index (κ1) is 15.8. The minimum atomic E-state index is -0.0267. The predicted molar refractivity (Wildman–Crippen MR) is 83.5 cm³/mol. The summed E-state index contributed by atoms with van der Waals surface area (Å²) >= 11 is 0. The van der Waals surface area contributed by atoms with Gasteiger partial charge in [0, 0.05) is 19.1 Å². The number of rotatable bonds is 3. The molecule has 1 N–H and O–H groups in total. The van der Waals surface area contributed by atoms with Crippen LogP contribution >= 0.6 is 0 Å². The molecule has 4 atom stereocenters. The van der Waals surface area contributed by atoms with Crippen LogP contribution in [0.4, 0.5) is 0 Å². The number of piperidine rings is 1. The summed E-state index contributed by atoms with van der Waals surface area (Å²) in [6.07, 6.45) is 6.18. The molecule has 0 spiro atoms. The number of hydrogen-bond acceptors (Lipinski definition) is 2. The SMILES string of the molecule is CC1CCN(C(=O)C(C)NC2CCCC(C)C2C)CC1. The van der Waals surface area contributed by atoms with Gasteiger partial charge < -0.3 is 10.2 Å². The summed E-state index contributed by atoms with van der Waals surface area (Å²) in [7, 11) is 0. The van der Waals surface area contributed by atoms with Gasteiger partial charge in [-0.1, -0.05) is 33.6 Å². The van der Waals surface area contributed by atoms with Crippen LogP contribution in [0.2, 0.25) is 0 Å². The standard InChI is InChI=1S/C17H32N2O/c1-12-8-10-19(11-9-12)17(20)15(4)18-16-7-5-6-13(2)14(16)3/h12-16,18H,5-11H2,1-4H3. The van der Waals surface area contributed by atoms with Crippen LogP contribution in [0.15, 0.2) is 0 Å². The van der Waals surface area contributed by atoms with Crippen LogP contribution < -0.4 is 5.32 Å². The quantitative estimate of drug-likeness (QED) is 0.862. The van der Waals surface area contributed by atoms with E-state index in [1.807, 2.05) is 6.92 Å². The van der Waals surface area contributed by atoms with Crippen molar-refractivity contribution in [1.82, 2.24) is 10.2 Å². The zero-order valence-corrected chi connectivity index (χ0v) is 13.7. The molecule has 1 saturated heterocycles. The van der Waals surface area contributed by atoms with E-state index in [1.165, 1.54) is 19.3 Å². The molecule has 0 bridgehead atoms. The smallest absolute Gasteiger partial charge is 0.239 e. The third-order valence-corrected chi connectivity index (χ3v) is 5.64. The Bertz CT molecular complexity index is 323. The molecule has 1 heterocycles. The Labute approximate surface area is 124 Å². The topological polar surface area (TPSA) is 32.3 Å². The zero-order chi connectivity index (χ0) is 14.7. The highest BCUT2D eigenvalue weighted by atomic mass is 16.2. The van der Waals surface area contributed by atoms with Gasteiger partial charge in [0.2, 0.25) is 5.91 Å². The molecule has 0 radical (unpaired) electrons. The van der Waals surface area contributed by atoms with Gasteiger partial charge in [0.25, 0.3) is 0 Å². The van der Waals surface area contributed by atoms with Crippen LogP contribution in [-0.4, -0.2) is 36.0 Å². The zero-order valence-electron chi connectivity index (χ0n) is 13.7. The Morgan fingerprint density at radius 3 is 2.40 bits per heavy atom. The van der Waals surface area contributed by atoms with Crippen molar-refractivity contribution < 1.29 is 4.79 Å². The van der Waals surface area contributed by atoms with E-state index in [1.54, 1.807) is 0 Å². The normalized spacial score (nSPS) is 34.0. The number of amides is 1. The summed E-state index contributed by atoms with van der Waals surface area (Å²) in [4.78, 5) is 14.6. The van der Waals surface area contributed by atoms with Gasteiger partial charge in [0.05, 0.1) is 6.04 Å². The van der Waals surface area contributed by atoms with Crippen molar-refractivity contribution in [3.05, 3.63) is 0 Å². The Morgan fingerprint density at radius 1 is 1.10 bits per heavy atom. The number of nitrogens with zero attached hydrogens (tertiary/aromatic N) is 1. The average molecular weight is 280 g/mol. The Hall–Kier alpha value is -0.570. The maximum absolute atomic E-state index is 12.5. The second-order valence-electron chi connectivity index (χ2n) is 7.27. The number of carbonyl (C=O) groups is 1. The molecule has 0 aromatic heterocycles. The number of carbonyl (C=O) groups excluding carboxylic acids is 1. The van der Waals surface area contributed by atoms with Gasteiger partial charge in [-0.2, -0.15) is 0 Å². The average Bonchev–Trinajstić information content (AvgIpc) is 2.44. The lowest BCUT2D eigenvalue weighted by Crippen LogP contribution is -2.52. The highest BCUT2D eigenvalue weighted by molar-refractivity contribution is 5.81. The highest BCUT2D eigenvalue weighted by Crippen LogP contribution is 2.29. The predicted octanol–water partition coefficient (Wildman–Crippen LogP) is 3.05. The largest absolute Gasteiger partial charge is 0.341 e. The summed E-state index contributed by atoms with van der Waals surface area (Å²) in [5.74, 6) is 2.55. The molecule has 2 fully saturated rings. The maximum atomic E-state index is 12.5. The first-order chi connectivity index (χ1) is 9.49. The van der Waals surface area contributed by atoms with Crippen LogP contribution in [0.1, 0.15) is 59.8 Å². The molecule has 2 rings (SSSR count). The molecule has 0 aromatic rings. The van der Waals surface area contributed by atoms with Gasteiger partial charge in [-0.3, -0.25) is 4.79 Å². The third kappa shape index (κ3) is 3.75. The van der Waals surface area contributed by atoms with Gasteiger partial charge >= 0.3 is 0 Å². The van der Waals surface area contributed by atoms with Crippen LogP contribution in [0.25, 0.3) is 0 Å². The Balaban J connectivity index is 1.84. The van der Waals surface area contributed by atoms with Gasteiger partial charge in [-0.15, -0.1) is 0 Å². The van der Waals surface area contributed by atoms with E-state index in [-0.39, 0.29) is 6.04 Å². The van der Waals surface area contributed by atoms with Crippen molar-refractivity contribution >= 4 is 5.91 Å². The van der Waals surface area contributed by atoms with Crippen molar-refractivity contribution in [1.29, 1.82) is 0 Å². The molecular formula is C17H32N2O.